The number of amides is 1. The number of nitrogen functional groups attached to an aromatic ring is 1. The second kappa shape index (κ2) is 9.08. The van der Waals surface area contributed by atoms with Gasteiger partial charge in [-0.25, -0.2) is 0 Å². The van der Waals surface area contributed by atoms with Crippen molar-refractivity contribution in [2.45, 2.75) is 30.5 Å². The van der Waals surface area contributed by atoms with Gasteiger partial charge in [0.15, 0.2) is 5.78 Å². The summed E-state index contributed by atoms with van der Waals surface area (Å²) in [6.07, 6.45) is 1.90. The Bertz CT molecular complexity index is 1530. The lowest BCUT2D eigenvalue weighted by Gasteiger charge is -2.37. The number of thiophene rings is 1. The van der Waals surface area contributed by atoms with Crippen LogP contribution in [0.4, 0.5) is 5.69 Å². The van der Waals surface area contributed by atoms with Crippen molar-refractivity contribution >= 4 is 38.8 Å². The van der Waals surface area contributed by atoms with Gasteiger partial charge < -0.3 is 27.8 Å². The molecule has 4 aromatic rings. The Hall–Kier alpha value is -3.56. The summed E-state index contributed by atoms with van der Waals surface area (Å²) in [6, 6.07) is 20.2. The van der Waals surface area contributed by atoms with E-state index in [2.05, 4.69) is 10.6 Å². The van der Waals surface area contributed by atoms with Crippen LogP contribution in [0.25, 0.3) is 21.2 Å². The van der Waals surface area contributed by atoms with Gasteiger partial charge in [0.05, 0.1) is 15.6 Å². The zero-order valence-electron chi connectivity index (χ0n) is 20.3. The Morgan fingerprint density at radius 1 is 1.05 bits per heavy atom. The van der Waals surface area contributed by atoms with Gasteiger partial charge in [0, 0.05) is 29.2 Å². The van der Waals surface area contributed by atoms with E-state index in [9.17, 15) is 9.59 Å². The van der Waals surface area contributed by atoms with Crippen LogP contribution in [-0.2, 0) is 10.3 Å². The Labute approximate surface area is 219 Å². The molecule has 1 fully saturated rings. The van der Waals surface area contributed by atoms with Crippen molar-refractivity contribution in [3.05, 3.63) is 88.3 Å². The number of carbonyl (C=O) groups is 2. The lowest BCUT2D eigenvalue weighted by atomic mass is 9.70. The Kier molecular flexibility index (Phi) is 5.84. The van der Waals surface area contributed by atoms with E-state index >= 15 is 0 Å². The molecular formula is C29H29N5O2S. The molecule has 1 aromatic heterocycles. The summed E-state index contributed by atoms with van der Waals surface area (Å²) in [4.78, 5) is 27.9. The number of piperidine rings is 1. The molecule has 8 N–H and O–H groups in total. The molecule has 6 rings (SSSR count). The number of rotatable bonds is 4. The van der Waals surface area contributed by atoms with Gasteiger partial charge in [0.25, 0.3) is 5.91 Å². The maximum atomic E-state index is 14.0. The number of ketones is 1. The normalized spacial score (nSPS) is 23.2. The summed E-state index contributed by atoms with van der Waals surface area (Å²) in [5, 5.41) is 7.15. The fourth-order valence-electron chi connectivity index (χ4n) is 5.65. The van der Waals surface area contributed by atoms with E-state index in [0.29, 0.717) is 33.8 Å². The number of benzene rings is 3. The van der Waals surface area contributed by atoms with Crippen LogP contribution in [0.5, 0.6) is 0 Å². The van der Waals surface area contributed by atoms with E-state index in [-0.39, 0.29) is 17.7 Å². The lowest BCUT2D eigenvalue weighted by molar-refractivity contribution is -0.124. The van der Waals surface area contributed by atoms with E-state index < -0.39 is 11.6 Å². The molecule has 37 heavy (non-hydrogen) atoms. The Morgan fingerprint density at radius 2 is 1.84 bits per heavy atom. The molecule has 1 aliphatic heterocycles. The van der Waals surface area contributed by atoms with Crippen LogP contribution in [-0.4, -0.2) is 30.8 Å². The molecule has 0 bridgehead atoms. The largest absolute Gasteiger partial charge is 0.398 e. The van der Waals surface area contributed by atoms with Crippen molar-refractivity contribution in [3.8, 4) is 11.1 Å². The quantitative estimate of drug-likeness (QED) is 0.266. The third-order valence-electron chi connectivity index (χ3n) is 7.58. The van der Waals surface area contributed by atoms with E-state index in [0.717, 1.165) is 40.6 Å². The minimum absolute atomic E-state index is 0.0281. The first-order valence-corrected chi connectivity index (χ1v) is 13.3. The molecular weight excluding hydrogens is 482 g/mol. The number of carbonyl (C=O) groups excluding carboxylic acids is 2. The maximum Gasteiger partial charge on any atom is 0.262 e. The van der Waals surface area contributed by atoms with Crippen LogP contribution in [0, 0.1) is 0 Å². The number of nitrogens with one attached hydrogen (secondary N) is 2. The molecule has 3 atom stereocenters. The monoisotopic (exact) mass is 511 g/mol. The highest BCUT2D eigenvalue weighted by Gasteiger charge is 2.48. The first kappa shape index (κ1) is 23.8. The Morgan fingerprint density at radius 3 is 2.59 bits per heavy atom. The molecule has 0 radical (unpaired) electrons. The topological polar surface area (TPSA) is 136 Å². The summed E-state index contributed by atoms with van der Waals surface area (Å²) in [5.41, 5.74) is 22.9. The molecule has 2 heterocycles. The minimum atomic E-state index is -1.48. The van der Waals surface area contributed by atoms with Gasteiger partial charge in [0.1, 0.15) is 5.54 Å². The van der Waals surface area contributed by atoms with Crippen LogP contribution >= 0.6 is 11.3 Å². The van der Waals surface area contributed by atoms with Gasteiger partial charge in [-0.3, -0.25) is 9.59 Å². The maximum absolute atomic E-state index is 14.0. The van der Waals surface area contributed by atoms with Crippen LogP contribution in [0.15, 0.2) is 66.7 Å². The van der Waals surface area contributed by atoms with Gasteiger partial charge in [-0.05, 0) is 53.8 Å². The van der Waals surface area contributed by atoms with Crippen molar-refractivity contribution in [1.82, 2.24) is 10.6 Å². The third-order valence-corrected chi connectivity index (χ3v) is 8.83. The molecule has 1 saturated heterocycles. The number of anilines is 1. The molecule has 7 nitrogen and oxygen atoms in total. The summed E-state index contributed by atoms with van der Waals surface area (Å²) in [7, 11) is 0. The minimum Gasteiger partial charge on any atom is -0.398 e. The van der Waals surface area contributed by atoms with E-state index in [4.69, 9.17) is 17.2 Å². The number of hydrogen-bond donors (Lipinski definition) is 5. The molecule has 0 spiro atoms. The molecule has 2 aliphatic rings. The summed E-state index contributed by atoms with van der Waals surface area (Å²) in [6.45, 7) is 1.66. The van der Waals surface area contributed by atoms with Crippen LogP contribution < -0.4 is 27.8 Å². The average molecular weight is 512 g/mol. The zero-order valence-corrected chi connectivity index (χ0v) is 21.1. The first-order valence-electron chi connectivity index (χ1n) is 12.5. The average Bonchev–Trinajstić information content (AvgIpc) is 3.34. The lowest BCUT2D eigenvalue weighted by Crippen LogP contribution is -2.52. The fraction of sp³-hybridized carbons (Fsp3) is 0.241. The second-order valence-corrected chi connectivity index (χ2v) is 10.9. The third kappa shape index (κ3) is 3.76. The molecule has 0 saturated carbocycles. The van der Waals surface area contributed by atoms with Crippen molar-refractivity contribution in [2.24, 2.45) is 11.5 Å². The van der Waals surface area contributed by atoms with Gasteiger partial charge in [-0.1, -0.05) is 54.6 Å². The standard InChI is InChI=1S/C29H29N5O2S/c30-21-12-11-20-22-23(26(37-25(21)22)28(36)34-19-10-5-13-33-15-19)24(31)27(35)29(20,32)18-9-4-8-17(14-18)16-6-2-1-3-7-16/h1-4,6-9,11-12,14,19,24,33H,5,10,13,15,30-32H2,(H,34,36). The van der Waals surface area contributed by atoms with Gasteiger partial charge in [0.2, 0.25) is 0 Å². The highest BCUT2D eigenvalue weighted by atomic mass is 32.1. The molecule has 1 aliphatic carbocycles. The van der Waals surface area contributed by atoms with Crippen molar-refractivity contribution in [3.63, 3.8) is 0 Å². The number of nitrogens with two attached hydrogens (primary N) is 3. The van der Waals surface area contributed by atoms with Crippen LogP contribution in [0.1, 0.15) is 45.2 Å². The smallest absolute Gasteiger partial charge is 0.262 e. The van der Waals surface area contributed by atoms with E-state index in [1.54, 1.807) is 12.1 Å². The number of hydrogen-bond acceptors (Lipinski definition) is 7. The van der Waals surface area contributed by atoms with Gasteiger partial charge in [-0.15, -0.1) is 11.3 Å². The van der Waals surface area contributed by atoms with Crippen molar-refractivity contribution < 1.29 is 9.59 Å². The van der Waals surface area contributed by atoms with Crippen molar-refractivity contribution in [2.75, 3.05) is 18.8 Å². The van der Waals surface area contributed by atoms with Gasteiger partial charge in [-0.2, -0.15) is 0 Å². The molecule has 8 heteroatoms. The highest BCUT2D eigenvalue weighted by molar-refractivity contribution is 7.21. The predicted octanol–water partition coefficient (Wildman–Crippen LogP) is 3.42. The van der Waals surface area contributed by atoms with Crippen LogP contribution in [0.2, 0.25) is 0 Å². The fourth-order valence-corrected chi connectivity index (χ4v) is 6.85. The van der Waals surface area contributed by atoms with Crippen LogP contribution in [0.3, 0.4) is 0 Å². The number of Topliss-reactive ketones (excluding diaryl/α,β-unsaturated/α-hetero) is 1. The molecule has 188 valence electrons. The summed E-state index contributed by atoms with van der Waals surface area (Å²) in [5.74, 6) is -0.572. The molecule has 3 aromatic carbocycles. The highest BCUT2D eigenvalue weighted by Crippen LogP contribution is 2.49. The SMILES string of the molecule is Nc1ccc2c3c(c(C(=O)NC4CCCNC4)sc13)C(N)C(=O)C2(N)c1cccc(-c2ccccc2)c1. The zero-order chi connectivity index (χ0) is 25.7. The van der Waals surface area contributed by atoms with Gasteiger partial charge >= 0.3 is 0 Å². The molecule has 1 amide bonds. The summed E-state index contributed by atoms with van der Waals surface area (Å²) >= 11 is 1.28. The predicted molar refractivity (Wildman–Crippen MR) is 148 cm³/mol. The van der Waals surface area contributed by atoms with E-state index in [1.165, 1.54) is 11.3 Å². The summed E-state index contributed by atoms with van der Waals surface area (Å²) < 4.78 is 0.733. The van der Waals surface area contributed by atoms with E-state index in [1.807, 2.05) is 54.6 Å². The van der Waals surface area contributed by atoms with Crippen molar-refractivity contribution in [1.29, 1.82) is 0 Å². The Balaban J connectivity index is 1.51. The first-order chi connectivity index (χ1) is 17.9. The second-order valence-electron chi connectivity index (χ2n) is 9.86. The molecule has 3 unspecified atom stereocenters.